The molecule has 3 N–H and O–H groups in total. The number of rotatable bonds is 6. The number of hydrogen-bond acceptors (Lipinski definition) is 7. The van der Waals surface area contributed by atoms with Crippen molar-refractivity contribution in [1.82, 2.24) is 15.0 Å². The van der Waals surface area contributed by atoms with E-state index in [0.717, 1.165) is 29.0 Å². The summed E-state index contributed by atoms with van der Waals surface area (Å²) in [5.74, 6) is 0.433. The maximum Gasteiger partial charge on any atom is 0.335 e. The molecule has 0 aliphatic carbocycles. The summed E-state index contributed by atoms with van der Waals surface area (Å²) in [5, 5.41) is 16.2. The quantitative estimate of drug-likeness (QED) is 0.410. The summed E-state index contributed by atoms with van der Waals surface area (Å²) in [7, 11) is 0. The van der Waals surface area contributed by atoms with Crippen LogP contribution in [0.2, 0.25) is 0 Å². The third-order valence-corrected chi connectivity index (χ3v) is 5.93. The summed E-state index contributed by atoms with van der Waals surface area (Å²) in [6.45, 7) is 15.3. The van der Waals surface area contributed by atoms with Crippen LogP contribution in [0.4, 0.5) is 29.0 Å². The van der Waals surface area contributed by atoms with Crippen LogP contribution in [0, 0.1) is 13.8 Å². The van der Waals surface area contributed by atoms with Gasteiger partial charge in [-0.3, -0.25) is 0 Å². The van der Waals surface area contributed by atoms with Crippen LogP contribution in [-0.2, 0) is 5.41 Å². The van der Waals surface area contributed by atoms with Gasteiger partial charge in [0.25, 0.3) is 0 Å². The van der Waals surface area contributed by atoms with Gasteiger partial charge in [-0.25, -0.2) is 4.79 Å². The first-order valence-electron chi connectivity index (χ1n) is 11.4. The zero-order chi connectivity index (χ0) is 24.8. The standard InChI is InChI=1S/C26H32N6O2/c1-15-9-8-10-16(2)20(15)28-24-30-22(25(3,4)5)29-23(31-24)27-18-11-17(21(33)34)12-19(13-18)32-14-26(32,6)7/h8-13H,14H2,1-7H3,(H,33,34)(H2,27,28,29,30,31). The molecule has 34 heavy (non-hydrogen) atoms. The second-order valence-electron chi connectivity index (χ2n) is 10.5. The molecule has 0 unspecified atom stereocenters. The third-order valence-electron chi connectivity index (χ3n) is 5.93. The summed E-state index contributed by atoms with van der Waals surface area (Å²) in [6, 6.07) is 11.3. The van der Waals surface area contributed by atoms with E-state index in [1.165, 1.54) is 0 Å². The second kappa shape index (κ2) is 8.27. The lowest BCUT2D eigenvalue weighted by Crippen LogP contribution is -2.19. The Morgan fingerprint density at radius 1 is 1.00 bits per heavy atom. The predicted molar refractivity (Wildman–Crippen MR) is 136 cm³/mol. The molecule has 2 aromatic carbocycles. The number of carboxylic acid groups (broad SMARTS) is 1. The van der Waals surface area contributed by atoms with Gasteiger partial charge in [0, 0.05) is 29.0 Å². The molecule has 0 atom stereocenters. The minimum atomic E-state index is -0.979. The first-order valence-corrected chi connectivity index (χ1v) is 11.4. The van der Waals surface area contributed by atoms with E-state index < -0.39 is 5.97 Å². The van der Waals surface area contributed by atoms with Crippen molar-refractivity contribution in [3.63, 3.8) is 0 Å². The van der Waals surface area contributed by atoms with Gasteiger partial charge in [-0.05, 0) is 57.0 Å². The zero-order valence-electron chi connectivity index (χ0n) is 20.8. The number of benzene rings is 2. The lowest BCUT2D eigenvalue weighted by atomic mass is 9.96. The number of para-hydroxylation sites is 1. The Labute approximate surface area is 200 Å². The summed E-state index contributed by atoms with van der Waals surface area (Å²) in [5.41, 5.74) is 4.52. The SMILES string of the molecule is Cc1cccc(C)c1Nc1nc(Nc2cc(C(=O)O)cc(N3CC3(C)C)c2)nc(C(C)(C)C)n1. The molecule has 178 valence electrons. The van der Waals surface area contributed by atoms with Crippen LogP contribution in [0.3, 0.4) is 0 Å². The summed E-state index contributed by atoms with van der Waals surface area (Å²) < 4.78 is 0. The molecule has 0 radical (unpaired) electrons. The number of nitrogens with one attached hydrogen (secondary N) is 2. The van der Waals surface area contributed by atoms with Crippen molar-refractivity contribution in [3.8, 4) is 0 Å². The average Bonchev–Trinajstić information content (AvgIpc) is 3.38. The fraction of sp³-hybridized carbons (Fsp3) is 0.385. The number of carboxylic acids is 1. The van der Waals surface area contributed by atoms with Crippen molar-refractivity contribution in [2.45, 2.75) is 59.4 Å². The van der Waals surface area contributed by atoms with E-state index in [-0.39, 0.29) is 16.5 Å². The molecular weight excluding hydrogens is 428 g/mol. The van der Waals surface area contributed by atoms with Crippen LogP contribution < -0.4 is 15.5 Å². The van der Waals surface area contributed by atoms with Gasteiger partial charge in [0.2, 0.25) is 11.9 Å². The van der Waals surface area contributed by atoms with E-state index in [2.05, 4.69) is 44.3 Å². The largest absolute Gasteiger partial charge is 0.478 e. The number of aromatic nitrogens is 3. The molecule has 0 spiro atoms. The van der Waals surface area contributed by atoms with E-state index in [1.54, 1.807) is 12.1 Å². The van der Waals surface area contributed by atoms with Crippen LogP contribution in [-0.4, -0.2) is 38.1 Å². The van der Waals surface area contributed by atoms with Gasteiger partial charge in [-0.1, -0.05) is 39.0 Å². The fourth-order valence-electron chi connectivity index (χ4n) is 3.83. The van der Waals surface area contributed by atoms with Gasteiger partial charge < -0.3 is 20.6 Å². The van der Waals surface area contributed by atoms with Crippen LogP contribution in [0.5, 0.6) is 0 Å². The van der Waals surface area contributed by atoms with E-state index in [9.17, 15) is 9.90 Å². The summed E-state index contributed by atoms with van der Waals surface area (Å²) >= 11 is 0. The van der Waals surface area contributed by atoms with Crippen molar-refractivity contribution in [1.29, 1.82) is 0 Å². The maximum absolute atomic E-state index is 11.8. The van der Waals surface area contributed by atoms with E-state index in [0.29, 0.717) is 23.4 Å². The highest BCUT2D eigenvalue weighted by Gasteiger charge is 2.43. The molecule has 4 rings (SSSR count). The molecular formula is C26H32N6O2. The van der Waals surface area contributed by atoms with Gasteiger partial charge >= 0.3 is 5.97 Å². The zero-order valence-corrected chi connectivity index (χ0v) is 20.8. The van der Waals surface area contributed by atoms with Gasteiger partial charge in [-0.2, -0.15) is 15.0 Å². The molecule has 0 amide bonds. The summed E-state index contributed by atoms with van der Waals surface area (Å²) in [4.78, 5) is 27.9. The summed E-state index contributed by atoms with van der Waals surface area (Å²) in [6.07, 6.45) is 0. The van der Waals surface area contributed by atoms with Crippen LogP contribution >= 0.6 is 0 Å². The van der Waals surface area contributed by atoms with Crippen LogP contribution in [0.15, 0.2) is 36.4 Å². The van der Waals surface area contributed by atoms with Crippen LogP contribution in [0.25, 0.3) is 0 Å². The van der Waals surface area contributed by atoms with E-state index in [1.807, 2.05) is 58.9 Å². The highest BCUT2D eigenvalue weighted by atomic mass is 16.4. The van der Waals surface area contributed by atoms with Gasteiger partial charge in [-0.15, -0.1) is 0 Å². The smallest absolute Gasteiger partial charge is 0.335 e. The molecule has 8 heteroatoms. The number of anilines is 5. The first-order chi connectivity index (χ1) is 15.8. The minimum Gasteiger partial charge on any atom is -0.478 e. The lowest BCUT2D eigenvalue weighted by molar-refractivity contribution is 0.0697. The molecule has 1 aromatic heterocycles. The highest BCUT2D eigenvalue weighted by Crippen LogP contribution is 2.39. The first kappa shape index (κ1) is 23.5. The molecule has 3 aromatic rings. The minimum absolute atomic E-state index is 0.0173. The molecule has 2 heterocycles. The Bertz CT molecular complexity index is 1240. The van der Waals surface area contributed by atoms with Crippen molar-refractivity contribution < 1.29 is 9.90 Å². The van der Waals surface area contributed by atoms with E-state index >= 15 is 0 Å². The average molecular weight is 461 g/mol. The number of aromatic carboxylic acids is 1. The van der Waals surface area contributed by atoms with Crippen molar-refractivity contribution in [2.75, 3.05) is 22.1 Å². The molecule has 1 aliphatic rings. The van der Waals surface area contributed by atoms with Gasteiger partial charge in [0.05, 0.1) is 11.1 Å². The molecule has 1 aliphatic heterocycles. The number of nitrogens with zero attached hydrogens (tertiary/aromatic N) is 4. The van der Waals surface area contributed by atoms with Gasteiger partial charge in [0.1, 0.15) is 5.82 Å². The Kier molecular flexibility index (Phi) is 5.71. The Balaban J connectivity index is 1.73. The second-order valence-corrected chi connectivity index (χ2v) is 10.5. The van der Waals surface area contributed by atoms with Crippen molar-refractivity contribution in [2.24, 2.45) is 0 Å². The van der Waals surface area contributed by atoms with Crippen molar-refractivity contribution >= 4 is 34.9 Å². The Morgan fingerprint density at radius 3 is 2.12 bits per heavy atom. The normalized spacial score (nSPS) is 14.6. The lowest BCUT2D eigenvalue weighted by Gasteiger charge is -2.20. The van der Waals surface area contributed by atoms with Crippen molar-refractivity contribution in [3.05, 3.63) is 58.9 Å². The molecule has 1 fully saturated rings. The van der Waals surface area contributed by atoms with Gasteiger partial charge in [0.15, 0.2) is 0 Å². The monoisotopic (exact) mass is 460 g/mol. The van der Waals surface area contributed by atoms with E-state index in [4.69, 9.17) is 0 Å². The fourth-order valence-corrected chi connectivity index (χ4v) is 3.83. The molecule has 8 nitrogen and oxygen atoms in total. The number of hydrogen-bond donors (Lipinski definition) is 3. The number of carbonyl (C=O) groups is 1. The number of aryl methyl sites for hydroxylation is 2. The topological polar surface area (TPSA) is 103 Å². The van der Waals surface area contributed by atoms with Crippen LogP contribution in [0.1, 0.15) is 61.9 Å². The highest BCUT2D eigenvalue weighted by molar-refractivity contribution is 5.91. The Morgan fingerprint density at radius 2 is 1.59 bits per heavy atom. The maximum atomic E-state index is 11.8. The molecule has 0 saturated carbocycles. The third kappa shape index (κ3) is 4.95. The Hall–Kier alpha value is -3.68. The predicted octanol–water partition coefficient (Wildman–Crippen LogP) is 5.57. The molecule has 0 bridgehead atoms. The molecule has 1 saturated heterocycles.